The normalized spacial score (nSPS) is 12.9. The molecule has 1 unspecified atom stereocenters. The summed E-state index contributed by atoms with van der Waals surface area (Å²) in [6, 6.07) is 5.85. The molecule has 0 aliphatic heterocycles. The van der Waals surface area contributed by atoms with E-state index in [-0.39, 0.29) is 0 Å². The van der Waals surface area contributed by atoms with Gasteiger partial charge in [0.2, 0.25) is 5.91 Å². The van der Waals surface area contributed by atoms with Gasteiger partial charge in [-0.2, -0.15) is 13.2 Å². The van der Waals surface area contributed by atoms with Gasteiger partial charge in [0.1, 0.15) is 12.9 Å². The van der Waals surface area contributed by atoms with Crippen LogP contribution in [0.15, 0.2) is 29.7 Å². The first-order valence-electron chi connectivity index (χ1n) is 7.16. The fraction of sp³-hybridized carbons (Fsp3) is 0.400. The Morgan fingerprint density at radius 1 is 1.38 bits per heavy atom. The molecule has 1 N–H and O–H groups in total. The third-order valence-corrected chi connectivity index (χ3v) is 4.30. The topological polar surface area (TPSA) is 59.8 Å². The number of aromatic nitrogens is 3. The lowest BCUT2D eigenvalue weighted by atomic mass is 10.1. The molecule has 1 heterocycles. The second-order valence-electron chi connectivity index (χ2n) is 5.37. The molecule has 0 saturated heterocycles. The van der Waals surface area contributed by atoms with Crippen LogP contribution >= 0.6 is 11.8 Å². The van der Waals surface area contributed by atoms with Gasteiger partial charge in [-0.05, 0) is 32.4 Å². The molecule has 0 aliphatic carbocycles. The van der Waals surface area contributed by atoms with Gasteiger partial charge < -0.3 is 5.32 Å². The molecule has 1 aromatic heterocycles. The SMILES string of the molecule is Cc1ccc(-n2cnnc2SC(C)C(=O)NCC(F)(F)F)c(C)c1. The molecule has 24 heavy (non-hydrogen) atoms. The highest BCUT2D eigenvalue weighted by atomic mass is 32.2. The lowest BCUT2D eigenvalue weighted by Crippen LogP contribution is -2.38. The van der Waals surface area contributed by atoms with E-state index in [1.807, 2.05) is 37.4 Å². The Morgan fingerprint density at radius 3 is 2.71 bits per heavy atom. The Bertz CT molecular complexity index is 730. The Morgan fingerprint density at radius 2 is 2.08 bits per heavy atom. The number of nitrogens with one attached hydrogen (secondary N) is 1. The molecule has 0 bridgehead atoms. The quantitative estimate of drug-likeness (QED) is 0.835. The number of nitrogens with zero attached hydrogens (tertiary/aromatic N) is 3. The van der Waals surface area contributed by atoms with Gasteiger partial charge in [0.15, 0.2) is 5.16 Å². The standard InChI is InChI=1S/C15H17F3N4OS/c1-9-4-5-12(10(2)6-9)22-8-20-21-14(22)24-11(3)13(23)19-7-15(16,17)18/h4-6,8,11H,7H2,1-3H3,(H,19,23). The molecule has 130 valence electrons. The number of thioether (sulfide) groups is 1. The molecule has 0 fully saturated rings. The van der Waals surface area contributed by atoms with Crippen molar-refractivity contribution in [1.82, 2.24) is 20.1 Å². The van der Waals surface area contributed by atoms with Crippen LogP contribution in [0.2, 0.25) is 0 Å². The van der Waals surface area contributed by atoms with Crippen LogP contribution in [-0.2, 0) is 4.79 Å². The molecule has 2 rings (SSSR count). The van der Waals surface area contributed by atoms with E-state index in [2.05, 4.69) is 10.2 Å². The maximum absolute atomic E-state index is 12.2. The van der Waals surface area contributed by atoms with Crippen LogP contribution in [0, 0.1) is 13.8 Å². The third-order valence-electron chi connectivity index (χ3n) is 3.24. The Hall–Kier alpha value is -2.03. The van der Waals surface area contributed by atoms with Crippen molar-refractivity contribution in [3.8, 4) is 5.69 Å². The Balaban J connectivity index is 2.11. The molecule has 1 atom stereocenters. The smallest absolute Gasteiger partial charge is 0.346 e. The first-order chi connectivity index (χ1) is 11.2. The summed E-state index contributed by atoms with van der Waals surface area (Å²) >= 11 is 1.05. The molecule has 1 aromatic carbocycles. The van der Waals surface area contributed by atoms with Gasteiger partial charge in [-0.15, -0.1) is 10.2 Å². The minimum atomic E-state index is -4.43. The number of carbonyl (C=O) groups is 1. The van der Waals surface area contributed by atoms with E-state index in [0.29, 0.717) is 5.16 Å². The summed E-state index contributed by atoms with van der Waals surface area (Å²) in [5.74, 6) is -0.701. The van der Waals surface area contributed by atoms with Crippen molar-refractivity contribution < 1.29 is 18.0 Å². The van der Waals surface area contributed by atoms with Crippen LogP contribution in [0.4, 0.5) is 13.2 Å². The van der Waals surface area contributed by atoms with Crippen molar-refractivity contribution in [2.24, 2.45) is 0 Å². The fourth-order valence-corrected chi connectivity index (χ4v) is 2.95. The zero-order chi connectivity index (χ0) is 17.9. The number of hydrogen-bond donors (Lipinski definition) is 1. The van der Waals surface area contributed by atoms with Crippen molar-refractivity contribution in [3.63, 3.8) is 0 Å². The summed E-state index contributed by atoms with van der Waals surface area (Å²) < 4.78 is 38.2. The first-order valence-corrected chi connectivity index (χ1v) is 8.04. The largest absolute Gasteiger partial charge is 0.405 e. The zero-order valence-corrected chi connectivity index (χ0v) is 14.2. The summed E-state index contributed by atoms with van der Waals surface area (Å²) in [7, 11) is 0. The number of benzene rings is 1. The lowest BCUT2D eigenvalue weighted by molar-refractivity contribution is -0.137. The highest BCUT2D eigenvalue weighted by Crippen LogP contribution is 2.26. The molecule has 2 aromatic rings. The highest BCUT2D eigenvalue weighted by Gasteiger charge is 2.29. The Labute approximate surface area is 141 Å². The van der Waals surface area contributed by atoms with Gasteiger partial charge in [0.25, 0.3) is 0 Å². The maximum atomic E-state index is 12.2. The summed E-state index contributed by atoms with van der Waals surface area (Å²) in [4.78, 5) is 11.8. The summed E-state index contributed by atoms with van der Waals surface area (Å²) in [5, 5.41) is 9.38. The Kier molecular flexibility index (Phi) is 5.53. The minimum Gasteiger partial charge on any atom is -0.346 e. The maximum Gasteiger partial charge on any atom is 0.405 e. The van der Waals surface area contributed by atoms with Gasteiger partial charge in [-0.3, -0.25) is 9.36 Å². The number of alkyl halides is 3. The molecule has 0 aliphatic rings. The fourth-order valence-electron chi connectivity index (χ4n) is 2.09. The summed E-state index contributed by atoms with van der Waals surface area (Å²) in [5.41, 5.74) is 2.97. The van der Waals surface area contributed by atoms with Crippen molar-refractivity contribution in [1.29, 1.82) is 0 Å². The number of rotatable bonds is 5. The van der Waals surface area contributed by atoms with E-state index >= 15 is 0 Å². The van der Waals surface area contributed by atoms with E-state index in [9.17, 15) is 18.0 Å². The van der Waals surface area contributed by atoms with E-state index < -0.39 is 23.9 Å². The van der Waals surface area contributed by atoms with Crippen LogP contribution < -0.4 is 5.32 Å². The van der Waals surface area contributed by atoms with Crippen molar-refractivity contribution in [2.45, 2.75) is 37.4 Å². The van der Waals surface area contributed by atoms with E-state index in [1.165, 1.54) is 13.3 Å². The number of halogens is 3. The first kappa shape index (κ1) is 18.3. The molecule has 0 spiro atoms. The molecule has 0 saturated carbocycles. The van der Waals surface area contributed by atoms with Gasteiger partial charge in [0, 0.05) is 0 Å². The zero-order valence-electron chi connectivity index (χ0n) is 13.4. The molecule has 5 nitrogen and oxygen atoms in total. The number of aryl methyl sites for hydroxylation is 2. The van der Waals surface area contributed by atoms with E-state index in [0.717, 1.165) is 28.6 Å². The average molecular weight is 358 g/mol. The van der Waals surface area contributed by atoms with E-state index in [1.54, 1.807) is 4.57 Å². The molecular weight excluding hydrogens is 341 g/mol. The summed E-state index contributed by atoms with van der Waals surface area (Å²) in [6.07, 6.45) is -2.92. The number of amides is 1. The second kappa shape index (κ2) is 7.25. The van der Waals surface area contributed by atoms with Crippen molar-refractivity contribution in [2.75, 3.05) is 6.54 Å². The number of carbonyl (C=O) groups excluding carboxylic acids is 1. The lowest BCUT2D eigenvalue weighted by Gasteiger charge is -2.14. The van der Waals surface area contributed by atoms with Gasteiger partial charge in [-0.1, -0.05) is 29.5 Å². The van der Waals surface area contributed by atoms with Crippen LogP contribution in [0.3, 0.4) is 0 Å². The van der Waals surface area contributed by atoms with Crippen molar-refractivity contribution in [3.05, 3.63) is 35.7 Å². The molecule has 1 amide bonds. The minimum absolute atomic E-state index is 0.441. The second-order valence-corrected chi connectivity index (χ2v) is 6.67. The van der Waals surface area contributed by atoms with Crippen LogP contribution in [0.25, 0.3) is 5.69 Å². The summed E-state index contributed by atoms with van der Waals surface area (Å²) in [6.45, 7) is 4.10. The number of hydrogen-bond acceptors (Lipinski definition) is 4. The third kappa shape index (κ3) is 4.73. The van der Waals surface area contributed by atoms with Crippen LogP contribution in [0.1, 0.15) is 18.1 Å². The van der Waals surface area contributed by atoms with Gasteiger partial charge in [-0.25, -0.2) is 0 Å². The van der Waals surface area contributed by atoms with Gasteiger partial charge in [0.05, 0.1) is 10.9 Å². The predicted molar refractivity (Wildman–Crippen MR) is 85.2 cm³/mol. The highest BCUT2D eigenvalue weighted by molar-refractivity contribution is 8.00. The monoisotopic (exact) mass is 358 g/mol. The molecular formula is C15H17F3N4OS. The van der Waals surface area contributed by atoms with Crippen molar-refractivity contribution >= 4 is 17.7 Å². The van der Waals surface area contributed by atoms with E-state index in [4.69, 9.17) is 0 Å². The average Bonchev–Trinajstić information content (AvgIpc) is 2.92. The van der Waals surface area contributed by atoms with Crippen LogP contribution in [0.5, 0.6) is 0 Å². The van der Waals surface area contributed by atoms with Gasteiger partial charge >= 0.3 is 6.18 Å². The predicted octanol–water partition coefficient (Wildman–Crippen LogP) is 3.04. The molecule has 9 heteroatoms. The molecule has 0 radical (unpaired) electrons. The van der Waals surface area contributed by atoms with Crippen LogP contribution in [-0.4, -0.2) is 38.6 Å².